The first-order valence-corrected chi connectivity index (χ1v) is 7.32. The molecule has 2 aliphatic heterocycles. The summed E-state index contributed by atoms with van der Waals surface area (Å²) in [6.45, 7) is 0.585. The summed E-state index contributed by atoms with van der Waals surface area (Å²) < 4.78 is 5.83. The minimum atomic E-state index is -0.726. The summed E-state index contributed by atoms with van der Waals surface area (Å²) in [6.07, 6.45) is 1.67. The van der Waals surface area contributed by atoms with Crippen LogP contribution < -0.4 is 10.1 Å². The third-order valence-electron chi connectivity index (χ3n) is 3.96. The van der Waals surface area contributed by atoms with Gasteiger partial charge in [-0.2, -0.15) is 0 Å². The lowest BCUT2D eigenvalue weighted by atomic mass is 9.97. The average Bonchev–Trinajstić information content (AvgIpc) is 2.81. The van der Waals surface area contributed by atoms with E-state index in [0.717, 1.165) is 29.7 Å². The van der Waals surface area contributed by atoms with E-state index in [1.807, 2.05) is 48.5 Å². The maximum atomic E-state index is 8.17. The first-order valence-electron chi connectivity index (χ1n) is 7.32. The Morgan fingerprint density at radius 2 is 1.95 bits per heavy atom. The number of amidine groups is 1. The van der Waals surface area contributed by atoms with Crippen molar-refractivity contribution >= 4 is 5.84 Å². The first-order chi connectivity index (χ1) is 10.8. The molecule has 0 saturated carbocycles. The largest absolute Gasteiger partial charge is 0.457 e. The Kier molecular flexibility index (Phi) is 3.10. The zero-order valence-electron chi connectivity index (χ0n) is 12.0. The van der Waals surface area contributed by atoms with Crippen molar-refractivity contribution in [1.29, 1.82) is 5.41 Å². The van der Waals surface area contributed by atoms with Crippen LogP contribution in [0.1, 0.15) is 24.0 Å². The summed E-state index contributed by atoms with van der Waals surface area (Å²) in [5.74, 6) is 1.80. The molecule has 2 aromatic carbocycles. The zero-order chi connectivity index (χ0) is 15.0. The summed E-state index contributed by atoms with van der Waals surface area (Å²) in [4.78, 5) is 10.6. The van der Waals surface area contributed by atoms with Gasteiger partial charge in [-0.3, -0.25) is 5.41 Å². The van der Waals surface area contributed by atoms with Gasteiger partial charge in [0.15, 0.2) is 0 Å². The fraction of sp³-hybridized carbons (Fsp3) is 0.235. The van der Waals surface area contributed by atoms with Gasteiger partial charge in [0.05, 0.1) is 6.61 Å². The molecule has 5 heteroatoms. The van der Waals surface area contributed by atoms with Crippen LogP contribution in [0.15, 0.2) is 48.5 Å². The van der Waals surface area contributed by atoms with Crippen LogP contribution in [0.25, 0.3) is 0 Å². The van der Waals surface area contributed by atoms with Crippen LogP contribution in [0, 0.1) is 5.41 Å². The standard InChI is InChI=1S/C17H16N2O3/c18-16-14-11-13(21-12-5-2-1-3-6-12)7-8-15(14)17(19-16)9-4-10-20-22-17/h1-3,5-8,11H,4,9-10H2,(H2,18,19). The van der Waals surface area contributed by atoms with Gasteiger partial charge in [0.2, 0.25) is 5.72 Å². The third kappa shape index (κ3) is 2.15. The Bertz CT molecular complexity index is 709. The normalized spacial score (nSPS) is 23.2. The summed E-state index contributed by atoms with van der Waals surface area (Å²) >= 11 is 0. The minimum absolute atomic E-state index is 0.332. The lowest BCUT2D eigenvalue weighted by molar-refractivity contribution is -0.393. The summed E-state index contributed by atoms with van der Waals surface area (Å²) in [6, 6.07) is 15.3. The molecule has 4 rings (SSSR count). The van der Waals surface area contributed by atoms with Gasteiger partial charge in [-0.05, 0) is 36.8 Å². The third-order valence-corrected chi connectivity index (χ3v) is 3.96. The van der Waals surface area contributed by atoms with Crippen LogP contribution in [0.5, 0.6) is 11.5 Å². The molecule has 1 saturated heterocycles. The van der Waals surface area contributed by atoms with Crippen molar-refractivity contribution in [2.24, 2.45) is 0 Å². The van der Waals surface area contributed by atoms with Gasteiger partial charge in [0.1, 0.15) is 17.3 Å². The van der Waals surface area contributed by atoms with E-state index in [-0.39, 0.29) is 0 Å². The molecule has 1 atom stereocenters. The molecule has 2 aliphatic rings. The molecule has 5 nitrogen and oxygen atoms in total. The number of para-hydroxylation sites is 1. The van der Waals surface area contributed by atoms with Gasteiger partial charge >= 0.3 is 0 Å². The monoisotopic (exact) mass is 296 g/mol. The smallest absolute Gasteiger partial charge is 0.200 e. The van der Waals surface area contributed by atoms with Gasteiger partial charge in [-0.25, -0.2) is 9.78 Å². The summed E-state index contributed by atoms with van der Waals surface area (Å²) in [5, 5.41) is 11.3. The van der Waals surface area contributed by atoms with Gasteiger partial charge in [-0.1, -0.05) is 18.2 Å². The molecule has 2 N–H and O–H groups in total. The lowest BCUT2D eigenvalue weighted by Crippen LogP contribution is -2.44. The van der Waals surface area contributed by atoms with E-state index in [9.17, 15) is 0 Å². The fourth-order valence-electron chi connectivity index (χ4n) is 2.93. The van der Waals surface area contributed by atoms with Gasteiger partial charge in [-0.15, -0.1) is 0 Å². The average molecular weight is 296 g/mol. The number of nitrogens with one attached hydrogen (secondary N) is 2. The molecule has 112 valence electrons. The second kappa shape index (κ2) is 5.12. The molecule has 1 fully saturated rings. The van der Waals surface area contributed by atoms with Gasteiger partial charge < -0.3 is 10.1 Å². The number of benzene rings is 2. The molecular formula is C17H16N2O3. The molecule has 0 aromatic heterocycles. The van der Waals surface area contributed by atoms with E-state index in [2.05, 4.69) is 5.32 Å². The predicted octanol–water partition coefficient (Wildman–Crippen LogP) is 3.30. The highest BCUT2D eigenvalue weighted by atomic mass is 17.2. The Labute approximate surface area is 128 Å². The van der Waals surface area contributed by atoms with Gasteiger partial charge in [0.25, 0.3) is 0 Å². The van der Waals surface area contributed by atoms with Crippen molar-refractivity contribution in [3.05, 3.63) is 59.7 Å². The SMILES string of the molecule is N=C1NC2(CCCOO2)c2ccc(Oc3ccccc3)cc21. The van der Waals surface area contributed by atoms with Crippen molar-refractivity contribution in [2.45, 2.75) is 18.6 Å². The molecule has 0 amide bonds. The first kappa shape index (κ1) is 13.3. The van der Waals surface area contributed by atoms with Gasteiger partial charge in [0, 0.05) is 17.5 Å². The molecule has 1 spiro atoms. The number of rotatable bonds is 2. The fourth-order valence-corrected chi connectivity index (χ4v) is 2.93. The second-order valence-electron chi connectivity index (χ2n) is 5.46. The highest BCUT2D eigenvalue weighted by Gasteiger charge is 2.45. The van der Waals surface area contributed by atoms with Crippen molar-refractivity contribution in [2.75, 3.05) is 6.61 Å². The van der Waals surface area contributed by atoms with E-state index in [4.69, 9.17) is 19.9 Å². The molecule has 0 radical (unpaired) electrons. The van der Waals surface area contributed by atoms with Crippen LogP contribution >= 0.6 is 0 Å². The molecule has 22 heavy (non-hydrogen) atoms. The Morgan fingerprint density at radius 1 is 1.09 bits per heavy atom. The number of fused-ring (bicyclic) bond motifs is 2. The van der Waals surface area contributed by atoms with Crippen LogP contribution in [0.4, 0.5) is 0 Å². The zero-order valence-corrected chi connectivity index (χ0v) is 12.0. The van der Waals surface area contributed by atoms with E-state index >= 15 is 0 Å². The van der Waals surface area contributed by atoms with Crippen LogP contribution in [-0.4, -0.2) is 12.4 Å². The molecule has 2 heterocycles. The highest BCUT2D eigenvalue weighted by Crippen LogP contribution is 2.40. The van der Waals surface area contributed by atoms with E-state index in [1.54, 1.807) is 0 Å². The van der Waals surface area contributed by atoms with Crippen molar-refractivity contribution in [3.8, 4) is 11.5 Å². The summed E-state index contributed by atoms with van der Waals surface area (Å²) in [5.41, 5.74) is 0.993. The molecule has 0 aliphatic carbocycles. The molecule has 0 bridgehead atoms. The van der Waals surface area contributed by atoms with E-state index in [1.165, 1.54) is 0 Å². The summed E-state index contributed by atoms with van der Waals surface area (Å²) in [7, 11) is 0. The van der Waals surface area contributed by atoms with Crippen molar-refractivity contribution < 1.29 is 14.5 Å². The quantitative estimate of drug-likeness (QED) is 0.835. The van der Waals surface area contributed by atoms with Crippen molar-refractivity contribution in [1.82, 2.24) is 5.32 Å². The van der Waals surface area contributed by atoms with Crippen LogP contribution in [-0.2, 0) is 15.5 Å². The number of hydrogen-bond acceptors (Lipinski definition) is 4. The number of hydrogen-bond donors (Lipinski definition) is 2. The molecular weight excluding hydrogens is 280 g/mol. The maximum absolute atomic E-state index is 8.17. The maximum Gasteiger partial charge on any atom is 0.200 e. The predicted molar refractivity (Wildman–Crippen MR) is 80.9 cm³/mol. The minimum Gasteiger partial charge on any atom is -0.457 e. The Hall–Kier alpha value is -2.37. The Morgan fingerprint density at radius 3 is 2.73 bits per heavy atom. The topological polar surface area (TPSA) is 63.6 Å². The van der Waals surface area contributed by atoms with Crippen LogP contribution in [0.2, 0.25) is 0 Å². The number of ether oxygens (including phenoxy) is 1. The Balaban J connectivity index is 1.67. The van der Waals surface area contributed by atoms with Crippen molar-refractivity contribution in [3.63, 3.8) is 0 Å². The molecule has 2 aromatic rings. The second-order valence-corrected chi connectivity index (χ2v) is 5.46. The van der Waals surface area contributed by atoms with Crippen LogP contribution in [0.3, 0.4) is 0 Å². The van der Waals surface area contributed by atoms with E-state index in [0.29, 0.717) is 18.2 Å². The highest BCUT2D eigenvalue weighted by molar-refractivity contribution is 6.02. The lowest BCUT2D eigenvalue weighted by Gasteiger charge is -2.32. The van der Waals surface area contributed by atoms with E-state index < -0.39 is 5.72 Å². The molecule has 1 unspecified atom stereocenters.